The third-order valence-electron chi connectivity index (χ3n) is 5.14. The van der Waals surface area contributed by atoms with Crippen molar-refractivity contribution in [3.05, 3.63) is 47.8 Å². The Morgan fingerprint density at radius 2 is 2.17 bits per heavy atom. The Hall–Kier alpha value is -1.65. The van der Waals surface area contributed by atoms with Crippen LogP contribution in [0, 0.1) is 6.92 Å². The van der Waals surface area contributed by atoms with Crippen LogP contribution in [-0.4, -0.2) is 40.0 Å². The van der Waals surface area contributed by atoms with Crippen molar-refractivity contribution < 1.29 is 4.74 Å². The molecule has 1 saturated heterocycles. The number of rotatable bonds is 3. The van der Waals surface area contributed by atoms with Crippen molar-refractivity contribution in [3.63, 3.8) is 0 Å². The molecule has 0 N–H and O–H groups in total. The molecule has 0 radical (unpaired) electrons. The highest BCUT2D eigenvalue weighted by Crippen LogP contribution is 2.29. The first kappa shape index (κ1) is 14.9. The zero-order valence-corrected chi connectivity index (χ0v) is 13.8. The summed E-state index contributed by atoms with van der Waals surface area (Å²) >= 11 is 0. The van der Waals surface area contributed by atoms with Crippen molar-refractivity contribution in [2.75, 3.05) is 13.2 Å². The molecule has 1 saturated carbocycles. The van der Waals surface area contributed by atoms with Crippen molar-refractivity contribution in [2.45, 2.75) is 51.3 Å². The number of fused-ring (bicyclic) bond motifs is 1. The van der Waals surface area contributed by atoms with Crippen LogP contribution < -0.4 is 0 Å². The van der Waals surface area contributed by atoms with E-state index < -0.39 is 0 Å². The molecule has 1 aromatic carbocycles. The Kier molecular flexibility index (Phi) is 4.19. The van der Waals surface area contributed by atoms with Gasteiger partial charge in [0, 0.05) is 30.9 Å². The fourth-order valence-corrected chi connectivity index (χ4v) is 3.96. The molecule has 122 valence electrons. The molecule has 2 aliphatic rings. The third kappa shape index (κ3) is 3.19. The van der Waals surface area contributed by atoms with Gasteiger partial charge in [0.2, 0.25) is 0 Å². The van der Waals surface area contributed by atoms with Crippen LogP contribution >= 0.6 is 0 Å². The molecular formula is C19H25N3O. The van der Waals surface area contributed by atoms with Crippen LogP contribution in [0.5, 0.6) is 0 Å². The smallest absolute Gasteiger partial charge is 0.0731 e. The van der Waals surface area contributed by atoms with E-state index in [0.29, 0.717) is 12.1 Å². The van der Waals surface area contributed by atoms with Gasteiger partial charge in [0.25, 0.3) is 0 Å². The number of aryl methyl sites for hydroxylation is 1. The summed E-state index contributed by atoms with van der Waals surface area (Å²) < 4.78 is 7.96. The Labute approximate surface area is 138 Å². The van der Waals surface area contributed by atoms with Crippen molar-refractivity contribution in [1.29, 1.82) is 0 Å². The molecule has 23 heavy (non-hydrogen) atoms. The van der Waals surface area contributed by atoms with Gasteiger partial charge in [-0.2, -0.15) is 5.10 Å². The van der Waals surface area contributed by atoms with Crippen LogP contribution in [-0.2, 0) is 11.3 Å². The lowest BCUT2D eigenvalue weighted by Gasteiger charge is -2.43. The summed E-state index contributed by atoms with van der Waals surface area (Å²) in [5.74, 6) is 0. The predicted molar refractivity (Wildman–Crippen MR) is 90.7 cm³/mol. The van der Waals surface area contributed by atoms with Crippen LogP contribution in [0.2, 0.25) is 0 Å². The van der Waals surface area contributed by atoms with Crippen molar-refractivity contribution in [1.82, 2.24) is 14.7 Å². The molecule has 1 aliphatic carbocycles. The van der Waals surface area contributed by atoms with E-state index in [9.17, 15) is 0 Å². The minimum absolute atomic E-state index is 0.448. The number of hydrogen-bond acceptors (Lipinski definition) is 3. The average Bonchev–Trinajstić information content (AvgIpc) is 3.04. The molecule has 0 spiro atoms. The molecule has 2 atom stereocenters. The Morgan fingerprint density at radius 3 is 3.09 bits per heavy atom. The van der Waals surface area contributed by atoms with Crippen molar-refractivity contribution in [2.24, 2.45) is 0 Å². The second-order valence-electron chi connectivity index (χ2n) is 6.86. The molecular weight excluding hydrogens is 286 g/mol. The molecule has 4 heteroatoms. The lowest BCUT2D eigenvalue weighted by Crippen LogP contribution is -2.52. The molecule has 1 aromatic heterocycles. The van der Waals surface area contributed by atoms with E-state index in [1.807, 2.05) is 10.9 Å². The van der Waals surface area contributed by atoms with E-state index in [1.165, 1.54) is 36.8 Å². The maximum atomic E-state index is 5.98. The van der Waals surface area contributed by atoms with E-state index in [1.54, 1.807) is 0 Å². The number of hydrogen-bond donors (Lipinski definition) is 0. The van der Waals surface area contributed by atoms with Crippen molar-refractivity contribution >= 4 is 0 Å². The molecule has 0 amide bonds. The first-order valence-electron chi connectivity index (χ1n) is 8.76. The van der Waals surface area contributed by atoms with Gasteiger partial charge in [0.15, 0.2) is 0 Å². The fourth-order valence-electron chi connectivity index (χ4n) is 3.96. The Bertz CT molecular complexity index is 664. The minimum atomic E-state index is 0.448. The summed E-state index contributed by atoms with van der Waals surface area (Å²) in [7, 11) is 0. The molecule has 0 unspecified atom stereocenters. The van der Waals surface area contributed by atoms with Crippen molar-refractivity contribution in [3.8, 4) is 5.69 Å². The van der Waals surface area contributed by atoms with E-state index in [4.69, 9.17) is 4.74 Å². The number of ether oxygens (including phenoxy) is 1. The van der Waals surface area contributed by atoms with Gasteiger partial charge in [0.05, 0.1) is 24.6 Å². The molecule has 2 aromatic rings. The van der Waals surface area contributed by atoms with E-state index in [0.717, 1.165) is 25.4 Å². The largest absolute Gasteiger partial charge is 0.375 e. The van der Waals surface area contributed by atoms with Crippen LogP contribution in [0.4, 0.5) is 0 Å². The first-order valence-corrected chi connectivity index (χ1v) is 8.76. The fraction of sp³-hybridized carbons (Fsp3) is 0.526. The maximum absolute atomic E-state index is 5.98. The SMILES string of the molecule is Cc1cccc(-n2cc(CN3CCO[C@@H]4CCCC[C@H]43)cn2)c1. The number of aromatic nitrogens is 2. The molecule has 2 heterocycles. The van der Waals surface area contributed by atoms with Crippen LogP contribution in [0.3, 0.4) is 0 Å². The van der Waals surface area contributed by atoms with E-state index in [2.05, 4.69) is 47.4 Å². The second-order valence-corrected chi connectivity index (χ2v) is 6.86. The first-order chi connectivity index (χ1) is 11.3. The molecule has 1 aliphatic heterocycles. The number of nitrogens with zero attached hydrogens (tertiary/aromatic N) is 3. The zero-order chi connectivity index (χ0) is 15.6. The summed E-state index contributed by atoms with van der Waals surface area (Å²) in [6.45, 7) is 5.01. The second kappa shape index (κ2) is 6.46. The molecule has 0 bridgehead atoms. The van der Waals surface area contributed by atoms with Gasteiger partial charge >= 0.3 is 0 Å². The minimum Gasteiger partial charge on any atom is -0.375 e. The Balaban J connectivity index is 1.49. The number of morpholine rings is 1. The Morgan fingerprint density at radius 1 is 1.26 bits per heavy atom. The standard InChI is InChI=1S/C19H25N3O/c1-15-5-4-6-17(11-15)22-14-16(12-20-22)13-21-9-10-23-19-8-3-2-7-18(19)21/h4-6,11-12,14,18-19H,2-3,7-10,13H2,1H3/t18-,19-/m1/s1. The summed E-state index contributed by atoms with van der Waals surface area (Å²) in [5.41, 5.74) is 3.68. The monoisotopic (exact) mass is 311 g/mol. The highest BCUT2D eigenvalue weighted by Gasteiger charge is 2.34. The van der Waals surface area contributed by atoms with Gasteiger partial charge in [-0.1, -0.05) is 25.0 Å². The third-order valence-corrected chi connectivity index (χ3v) is 5.14. The average molecular weight is 311 g/mol. The molecule has 2 fully saturated rings. The molecule has 4 nitrogen and oxygen atoms in total. The van der Waals surface area contributed by atoms with Crippen LogP contribution in [0.1, 0.15) is 36.8 Å². The highest BCUT2D eigenvalue weighted by atomic mass is 16.5. The van der Waals surface area contributed by atoms with E-state index >= 15 is 0 Å². The van der Waals surface area contributed by atoms with Crippen LogP contribution in [0.25, 0.3) is 5.69 Å². The summed E-state index contributed by atoms with van der Waals surface area (Å²) in [6, 6.07) is 9.07. The molecule has 4 rings (SSSR count). The maximum Gasteiger partial charge on any atom is 0.0731 e. The zero-order valence-electron chi connectivity index (χ0n) is 13.8. The summed E-state index contributed by atoms with van der Waals surface area (Å²) in [6.07, 6.45) is 9.78. The lowest BCUT2D eigenvalue weighted by atomic mass is 9.90. The number of benzene rings is 1. The van der Waals surface area contributed by atoms with Gasteiger partial charge in [-0.15, -0.1) is 0 Å². The van der Waals surface area contributed by atoms with Gasteiger partial charge in [-0.3, -0.25) is 4.90 Å². The highest BCUT2D eigenvalue weighted by molar-refractivity contribution is 5.35. The lowest BCUT2D eigenvalue weighted by molar-refractivity contribution is -0.0911. The van der Waals surface area contributed by atoms with Gasteiger partial charge in [-0.25, -0.2) is 4.68 Å². The van der Waals surface area contributed by atoms with E-state index in [-0.39, 0.29) is 0 Å². The summed E-state index contributed by atoms with van der Waals surface area (Å²) in [4.78, 5) is 2.60. The van der Waals surface area contributed by atoms with Gasteiger partial charge in [-0.05, 0) is 37.5 Å². The quantitative estimate of drug-likeness (QED) is 0.871. The van der Waals surface area contributed by atoms with Crippen LogP contribution in [0.15, 0.2) is 36.7 Å². The topological polar surface area (TPSA) is 30.3 Å². The normalized spacial score (nSPS) is 25.3. The predicted octanol–water partition coefficient (Wildman–Crippen LogP) is 3.32. The van der Waals surface area contributed by atoms with Gasteiger partial charge in [0.1, 0.15) is 0 Å². The van der Waals surface area contributed by atoms with Gasteiger partial charge < -0.3 is 4.74 Å². The summed E-state index contributed by atoms with van der Waals surface area (Å²) in [5, 5.41) is 4.56.